The number of esters is 1. The highest BCUT2D eigenvalue weighted by atomic mass is 35.5. The number of rotatable bonds is 10. The van der Waals surface area contributed by atoms with Gasteiger partial charge in [-0.3, -0.25) is 10.1 Å². The van der Waals surface area contributed by atoms with Gasteiger partial charge in [0.25, 0.3) is 0 Å². The van der Waals surface area contributed by atoms with Gasteiger partial charge >= 0.3 is 5.97 Å². The lowest BCUT2D eigenvalue weighted by atomic mass is 9.96. The van der Waals surface area contributed by atoms with Crippen LogP contribution >= 0.6 is 23.2 Å². The highest BCUT2D eigenvalue weighted by molar-refractivity contribution is 6.35. The molecule has 42 heavy (non-hydrogen) atoms. The van der Waals surface area contributed by atoms with E-state index in [4.69, 9.17) is 37.4 Å². The van der Waals surface area contributed by atoms with E-state index >= 15 is 0 Å². The third-order valence-electron chi connectivity index (χ3n) is 8.37. The van der Waals surface area contributed by atoms with Crippen molar-refractivity contribution in [2.75, 3.05) is 33.4 Å². The molecule has 2 unspecified atom stereocenters. The zero-order valence-corrected chi connectivity index (χ0v) is 25.9. The van der Waals surface area contributed by atoms with Crippen LogP contribution in [-0.4, -0.2) is 54.9 Å². The SMILES string of the molecule is Cc1c(COc2cc(O)c(CNC3(C)CCOC3=O)cc2Cl)cccc1-c1cccc(OCC2CCCN(C)C2)c1Cl. The molecule has 224 valence electrons. The summed E-state index contributed by atoms with van der Waals surface area (Å²) in [7, 11) is 2.15. The number of halogens is 2. The minimum Gasteiger partial charge on any atom is -0.507 e. The number of aromatic hydroxyl groups is 1. The Bertz CT molecular complexity index is 1450. The van der Waals surface area contributed by atoms with Gasteiger partial charge in [0.05, 0.1) is 23.3 Å². The number of hydrogen-bond acceptors (Lipinski definition) is 7. The molecule has 2 atom stereocenters. The second-order valence-electron chi connectivity index (χ2n) is 11.6. The number of ether oxygens (including phenoxy) is 3. The van der Waals surface area contributed by atoms with Crippen LogP contribution in [0.25, 0.3) is 11.1 Å². The number of benzene rings is 3. The molecule has 0 spiro atoms. The van der Waals surface area contributed by atoms with Crippen molar-refractivity contribution >= 4 is 29.2 Å². The molecule has 3 aromatic carbocycles. The van der Waals surface area contributed by atoms with E-state index in [0.29, 0.717) is 52.7 Å². The Labute approximate surface area is 257 Å². The average Bonchev–Trinajstić information content (AvgIpc) is 3.30. The summed E-state index contributed by atoms with van der Waals surface area (Å²) in [5, 5.41) is 14.8. The topological polar surface area (TPSA) is 80.3 Å². The van der Waals surface area contributed by atoms with Crippen molar-refractivity contribution < 1.29 is 24.1 Å². The molecule has 0 amide bonds. The van der Waals surface area contributed by atoms with Crippen LogP contribution in [0.5, 0.6) is 17.2 Å². The first-order valence-corrected chi connectivity index (χ1v) is 15.2. The molecule has 7 nitrogen and oxygen atoms in total. The molecular formula is C33H38Cl2N2O5. The lowest BCUT2D eigenvalue weighted by Crippen LogP contribution is -2.45. The second kappa shape index (κ2) is 13.1. The normalized spacial score (nSPS) is 20.9. The number of nitrogens with one attached hydrogen (secondary N) is 1. The number of carbonyl (C=O) groups excluding carboxylic acids is 1. The van der Waals surface area contributed by atoms with Crippen molar-refractivity contribution in [1.29, 1.82) is 0 Å². The molecule has 3 aromatic rings. The molecule has 0 saturated carbocycles. The molecule has 2 aliphatic heterocycles. The predicted molar refractivity (Wildman–Crippen MR) is 166 cm³/mol. The van der Waals surface area contributed by atoms with Crippen molar-refractivity contribution in [3.8, 4) is 28.4 Å². The number of likely N-dealkylation sites (tertiary alicyclic amines) is 1. The fourth-order valence-corrected chi connectivity index (χ4v) is 6.15. The van der Waals surface area contributed by atoms with Gasteiger partial charge in [0.2, 0.25) is 0 Å². The molecular weight excluding hydrogens is 575 g/mol. The van der Waals surface area contributed by atoms with E-state index in [1.54, 1.807) is 13.0 Å². The van der Waals surface area contributed by atoms with Gasteiger partial charge in [0.1, 0.15) is 29.4 Å². The van der Waals surface area contributed by atoms with Crippen LogP contribution in [0, 0.1) is 12.8 Å². The third kappa shape index (κ3) is 6.81. The zero-order chi connectivity index (χ0) is 29.9. The number of phenolic OH excluding ortho intramolecular Hbond substituents is 1. The molecule has 2 saturated heterocycles. The van der Waals surface area contributed by atoms with Gasteiger partial charge in [0, 0.05) is 42.6 Å². The van der Waals surface area contributed by atoms with Crippen LogP contribution < -0.4 is 14.8 Å². The monoisotopic (exact) mass is 612 g/mol. The number of hydrogen-bond donors (Lipinski definition) is 2. The van der Waals surface area contributed by atoms with Crippen LogP contribution in [0.1, 0.15) is 42.9 Å². The molecule has 9 heteroatoms. The quantitative estimate of drug-likeness (QED) is 0.245. The van der Waals surface area contributed by atoms with Gasteiger partial charge in [-0.15, -0.1) is 0 Å². The summed E-state index contributed by atoms with van der Waals surface area (Å²) in [6, 6.07) is 15.1. The largest absolute Gasteiger partial charge is 0.507 e. The van der Waals surface area contributed by atoms with E-state index in [0.717, 1.165) is 35.3 Å². The Morgan fingerprint density at radius 2 is 1.88 bits per heavy atom. The maximum Gasteiger partial charge on any atom is 0.326 e. The third-order valence-corrected chi connectivity index (χ3v) is 9.05. The minimum absolute atomic E-state index is 0.0332. The Hall–Kier alpha value is -2.97. The van der Waals surface area contributed by atoms with Crippen molar-refractivity contribution in [1.82, 2.24) is 10.2 Å². The average molecular weight is 614 g/mol. The van der Waals surface area contributed by atoms with Crippen LogP contribution in [0.2, 0.25) is 10.0 Å². The molecule has 0 bridgehead atoms. The van der Waals surface area contributed by atoms with Crippen LogP contribution in [0.3, 0.4) is 0 Å². The van der Waals surface area contributed by atoms with E-state index in [9.17, 15) is 9.90 Å². The second-order valence-corrected chi connectivity index (χ2v) is 12.3. The van der Waals surface area contributed by atoms with Crippen molar-refractivity contribution in [2.24, 2.45) is 5.92 Å². The molecule has 2 N–H and O–H groups in total. The fraction of sp³-hybridized carbons (Fsp3) is 0.424. The van der Waals surface area contributed by atoms with E-state index < -0.39 is 5.54 Å². The first kappa shape index (κ1) is 30.5. The number of piperidine rings is 1. The smallest absolute Gasteiger partial charge is 0.326 e. The van der Waals surface area contributed by atoms with Gasteiger partial charge in [-0.1, -0.05) is 53.5 Å². The molecule has 0 aromatic heterocycles. The molecule has 0 radical (unpaired) electrons. The molecule has 2 heterocycles. The predicted octanol–water partition coefficient (Wildman–Crippen LogP) is 6.77. The summed E-state index contributed by atoms with van der Waals surface area (Å²) in [6.45, 7) is 7.56. The molecule has 2 aliphatic rings. The first-order chi connectivity index (χ1) is 20.1. The highest BCUT2D eigenvalue weighted by Gasteiger charge is 2.39. The summed E-state index contributed by atoms with van der Waals surface area (Å²) in [5.74, 6) is 1.30. The standard InChI is InChI=1S/C33H38Cl2N2O5/c1-21-23(20-42-30-16-28(38)24(15-27(30)34)17-36-33(2)12-14-40-32(33)39)8-4-9-25(21)26-10-5-11-29(31(26)35)41-19-22-7-6-13-37(3)18-22/h4-5,8-11,15-16,22,36,38H,6-7,12-14,17-20H2,1-3H3. The highest BCUT2D eigenvalue weighted by Crippen LogP contribution is 2.39. The summed E-state index contributed by atoms with van der Waals surface area (Å²) >= 11 is 13.4. The van der Waals surface area contributed by atoms with Gasteiger partial charge in [0.15, 0.2) is 0 Å². The molecule has 2 fully saturated rings. The van der Waals surface area contributed by atoms with E-state index in [1.807, 2.05) is 43.3 Å². The molecule has 0 aliphatic carbocycles. The maximum atomic E-state index is 12.0. The number of carbonyl (C=O) groups is 1. The minimum atomic E-state index is -0.780. The van der Waals surface area contributed by atoms with Crippen molar-refractivity contribution in [3.63, 3.8) is 0 Å². The van der Waals surface area contributed by atoms with Gasteiger partial charge < -0.3 is 24.2 Å². The van der Waals surface area contributed by atoms with Gasteiger partial charge in [-0.05, 0) is 69.1 Å². The van der Waals surface area contributed by atoms with Crippen LogP contribution in [0.15, 0.2) is 48.5 Å². The fourth-order valence-electron chi connectivity index (χ4n) is 5.63. The van der Waals surface area contributed by atoms with Crippen LogP contribution in [0.4, 0.5) is 0 Å². The Kier molecular flexibility index (Phi) is 9.53. The van der Waals surface area contributed by atoms with Crippen molar-refractivity contribution in [2.45, 2.75) is 51.8 Å². The van der Waals surface area contributed by atoms with Gasteiger partial charge in [-0.2, -0.15) is 0 Å². The first-order valence-electron chi connectivity index (χ1n) is 14.4. The summed E-state index contributed by atoms with van der Waals surface area (Å²) in [6.07, 6.45) is 2.93. The number of cyclic esters (lactones) is 1. The van der Waals surface area contributed by atoms with E-state index in [-0.39, 0.29) is 24.9 Å². The lowest BCUT2D eigenvalue weighted by Gasteiger charge is -2.29. The van der Waals surface area contributed by atoms with Gasteiger partial charge in [-0.25, -0.2) is 0 Å². The Balaban J connectivity index is 1.26. The zero-order valence-electron chi connectivity index (χ0n) is 24.3. The Morgan fingerprint density at radius 3 is 2.64 bits per heavy atom. The number of nitrogens with zero attached hydrogens (tertiary/aromatic N) is 1. The van der Waals surface area contributed by atoms with Crippen LogP contribution in [-0.2, 0) is 22.7 Å². The maximum absolute atomic E-state index is 12.0. The summed E-state index contributed by atoms with van der Waals surface area (Å²) in [4.78, 5) is 14.4. The molecule has 5 rings (SSSR count). The summed E-state index contributed by atoms with van der Waals surface area (Å²) < 4.78 is 17.3. The van der Waals surface area contributed by atoms with Crippen molar-refractivity contribution in [3.05, 3.63) is 75.3 Å². The lowest BCUT2D eigenvalue weighted by molar-refractivity contribution is -0.143. The summed E-state index contributed by atoms with van der Waals surface area (Å²) in [5.41, 5.74) is 3.69. The van der Waals surface area contributed by atoms with E-state index in [1.165, 1.54) is 18.9 Å². The van der Waals surface area contributed by atoms with E-state index in [2.05, 4.69) is 17.3 Å². The Morgan fingerprint density at radius 1 is 1.10 bits per heavy atom. The number of phenols is 1.